The topological polar surface area (TPSA) is 75.9 Å². The van der Waals surface area contributed by atoms with Crippen LogP contribution in [0.4, 0.5) is 11.8 Å². The SMILES string of the molecule is CC(C)CNc1nc(NN)nc2sccc12. The van der Waals surface area contributed by atoms with Gasteiger partial charge in [-0.05, 0) is 17.4 Å². The minimum atomic E-state index is 0.446. The first-order chi connectivity index (χ1) is 7.70. The fourth-order valence-corrected chi connectivity index (χ4v) is 2.12. The number of thiophene rings is 1. The average molecular weight is 237 g/mol. The van der Waals surface area contributed by atoms with Crippen LogP contribution in [0.25, 0.3) is 10.2 Å². The van der Waals surface area contributed by atoms with Gasteiger partial charge >= 0.3 is 0 Å². The number of fused-ring (bicyclic) bond motifs is 1. The van der Waals surface area contributed by atoms with Crippen molar-refractivity contribution in [1.29, 1.82) is 0 Å². The molecule has 0 atom stereocenters. The molecule has 0 fully saturated rings. The van der Waals surface area contributed by atoms with Crippen molar-refractivity contribution < 1.29 is 0 Å². The summed E-state index contributed by atoms with van der Waals surface area (Å²) in [5, 5.41) is 6.35. The van der Waals surface area contributed by atoms with E-state index in [1.165, 1.54) is 0 Å². The average Bonchev–Trinajstić information content (AvgIpc) is 2.73. The van der Waals surface area contributed by atoms with Crippen LogP contribution < -0.4 is 16.6 Å². The van der Waals surface area contributed by atoms with E-state index in [2.05, 4.69) is 34.6 Å². The number of hydrogen-bond donors (Lipinski definition) is 3. The summed E-state index contributed by atoms with van der Waals surface area (Å²) < 4.78 is 0. The summed E-state index contributed by atoms with van der Waals surface area (Å²) in [6.45, 7) is 5.19. The molecule has 2 aromatic rings. The highest BCUT2D eigenvalue weighted by Crippen LogP contribution is 2.26. The van der Waals surface area contributed by atoms with Crippen molar-refractivity contribution in [3.05, 3.63) is 11.4 Å². The molecule has 0 unspecified atom stereocenters. The fraction of sp³-hybridized carbons (Fsp3) is 0.400. The molecule has 2 heterocycles. The molecule has 4 N–H and O–H groups in total. The van der Waals surface area contributed by atoms with Gasteiger partial charge in [0.1, 0.15) is 10.6 Å². The van der Waals surface area contributed by atoms with Gasteiger partial charge in [0.15, 0.2) is 0 Å². The number of hydrogen-bond acceptors (Lipinski definition) is 6. The van der Waals surface area contributed by atoms with Gasteiger partial charge in [-0.25, -0.2) is 10.8 Å². The van der Waals surface area contributed by atoms with Crippen LogP contribution in [0, 0.1) is 5.92 Å². The standard InChI is InChI=1S/C10H15N5S/c1-6(2)5-12-8-7-3-4-16-9(7)14-10(13-8)15-11/h3-4,6H,5,11H2,1-2H3,(H2,12,13,14,15). The molecule has 0 spiro atoms. The van der Waals surface area contributed by atoms with Gasteiger partial charge in [0.2, 0.25) is 5.95 Å². The highest BCUT2D eigenvalue weighted by Gasteiger charge is 2.08. The number of nitrogen functional groups attached to an aromatic ring is 1. The molecule has 0 aliphatic carbocycles. The molecule has 0 aliphatic rings. The Balaban J connectivity index is 2.36. The second-order valence-electron chi connectivity index (χ2n) is 3.95. The lowest BCUT2D eigenvalue weighted by Crippen LogP contribution is -2.14. The van der Waals surface area contributed by atoms with Crippen molar-refractivity contribution in [2.45, 2.75) is 13.8 Å². The van der Waals surface area contributed by atoms with Crippen LogP contribution in [-0.2, 0) is 0 Å². The van der Waals surface area contributed by atoms with Crippen LogP contribution in [0.15, 0.2) is 11.4 Å². The highest BCUT2D eigenvalue weighted by atomic mass is 32.1. The third-order valence-electron chi connectivity index (χ3n) is 2.13. The number of nitrogens with zero attached hydrogens (tertiary/aromatic N) is 2. The van der Waals surface area contributed by atoms with Gasteiger partial charge in [-0.1, -0.05) is 13.8 Å². The minimum Gasteiger partial charge on any atom is -0.369 e. The highest BCUT2D eigenvalue weighted by molar-refractivity contribution is 7.16. The lowest BCUT2D eigenvalue weighted by atomic mass is 10.2. The number of rotatable bonds is 4. The van der Waals surface area contributed by atoms with Crippen molar-refractivity contribution >= 4 is 33.3 Å². The molecule has 0 radical (unpaired) electrons. The van der Waals surface area contributed by atoms with Gasteiger partial charge in [-0.2, -0.15) is 4.98 Å². The Labute approximate surface area is 98.1 Å². The Morgan fingerprint density at radius 2 is 2.25 bits per heavy atom. The van der Waals surface area contributed by atoms with Gasteiger partial charge in [0.05, 0.1) is 5.39 Å². The molecule has 5 nitrogen and oxygen atoms in total. The fourth-order valence-electron chi connectivity index (χ4n) is 1.36. The minimum absolute atomic E-state index is 0.446. The van der Waals surface area contributed by atoms with E-state index in [1.807, 2.05) is 11.4 Å². The Hall–Kier alpha value is -1.40. The molecule has 0 aromatic carbocycles. The summed E-state index contributed by atoms with van der Waals surface area (Å²) in [6, 6.07) is 2.02. The Bertz CT molecular complexity index is 479. The number of nitrogens with two attached hydrogens (primary N) is 1. The zero-order valence-corrected chi connectivity index (χ0v) is 10.1. The first-order valence-electron chi connectivity index (χ1n) is 5.16. The molecular weight excluding hydrogens is 222 g/mol. The van der Waals surface area contributed by atoms with E-state index in [4.69, 9.17) is 5.84 Å². The Morgan fingerprint density at radius 3 is 2.94 bits per heavy atom. The maximum absolute atomic E-state index is 5.34. The van der Waals surface area contributed by atoms with Crippen LogP contribution in [0.1, 0.15) is 13.8 Å². The van der Waals surface area contributed by atoms with E-state index in [0.29, 0.717) is 11.9 Å². The van der Waals surface area contributed by atoms with Crippen molar-refractivity contribution in [3.63, 3.8) is 0 Å². The van der Waals surface area contributed by atoms with Gasteiger partial charge in [-0.3, -0.25) is 5.43 Å². The maximum atomic E-state index is 5.34. The monoisotopic (exact) mass is 237 g/mol. The summed E-state index contributed by atoms with van der Waals surface area (Å²) in [4.78, 5) is 9.52. The molecule has 0 aliphatic heterocycles. The van der Waals surface area contributed by atoms with E-state index in [0.717, 1.165) is 22.6 Å². The quantitative estimate of drug-likeness (QED) is 0.560. The second-order valence-corrected chi connectivity index (χ2v) is 4.85. The van der Waals surface area contributed by atoms with E-state index in [1.54, 1.807) is 11.3 Å². The first kappa shape index (κ1) is 11.1. The number of aromatic nitrogens is 2. The number of hydrazine groups is 1. The van der Waals surface area contributed by atoms with Gasteiger partial charge < -0.3 is 5.32 Å². The third-order valence-corrected chi connectivity index (χ3v) is 2.94. The molecule has 86 valence electrons. The lowest BCUT2D eigenvalue weighted by molar-refractivity contribution is 0.687. The Kier molecular flexibility index (Phi) is 3.21. The van der Waals surface area contributed by atoms with Crippen LogP contribution in [-0.4, -0.2) is 16.5 Å². The summed E-state index contributed by atoms with van der Waals surface area (Å²) in [6.07, 6.45) is 0. The smallest absolute Gasteiger partial charge is 0.240 e. The van der Waals surface area contributed by atoms with E-state index < -0.39 is 0 Å². The summed E-state index contributed by atoms with van der Waals surface area (Å²) in [7, 11) is 0. The lowest BCUT2D eigenvalue weighted by Gasteiger charge is -2.10. The molecule has 0 saturated heterocycles. The molecule has 0 bridgehead atoms. The Morgan fingerprint density at radius 1 is 1.44 bits per heavy atom. The van der Waals surface area contributed by atoms with Crippen molar-refractivity contribution in [2.75, 3.05) is 17.3 Å². The molecule has 2 rings (SSSR count). The normalized spacial score (nSPS) is 11.0. The summed E-state index contributed by atoms with van der Waals surface area (Å²) in [5.41, 5.74) is 2.48. The van der Waals surface area contributed by atoms with Gasteiger partial charge in [0, 0.05) is 6.54 Å². The zero-order valence-electron chi connectivity index (χ0n) is 9.32. The van der Waals surface area contributed by atoms with E-state index in [9.17, 15) is 0 Å². The largest absolute Gasteiger partial charge is 0.369 e. The van der Waals surface area contributed by atoms with E-state index in [-0.39, 0.29) is 0 Å². The molecule has 0 saturated carbocycles. The summed E-state index contributed by atoms with van der Waals surface area (Å²) in [5.74, 6) is 7.19. The molecule has 2 aromatic heterocycles. The van der Waals surface area contributed by atoms with Crippen LogP contribution >= 0.6 is 11.3 Å². The van der Waals surface area contributed by atoms with Crippen LogP contribution in [0.2, 0.25) is 0 Å². The molecule has 16 heavy (non-hydrogen) atoms. The van der Waals surface area contributed by atoms with Crippen LogP contribution in [0.5, 0.6) is 0 Å². The van der Waals surface area contributed by atoms with E-state index >= 15 is 0 Å². The van der Waals surface area contributed by atoms with Crippen molar-refractivity contribution in [1.82, 2.24) is 9.97 Å². The predicted octanol–water partition coefficient (Wildman–Crippen LogP) is 2.04. The summed E-state index contributed by atoms with van der Waals surface area (Å²) >= 11 is 1.58. The van der Waals surface area contributed by atoms with Crippen molar-refractivity contribution in [2.24, 2.45) is 11.8 Å². The molecule has 6 heteroatoms. The van der Waals surface area contributed by atoms with Gasteiger partial charge in [-0.15, -0.1) is 11.3 Å². The first-order valence-corrected chi connectivity index (χ1v) is 6.04. The third kappa shape index (κ3) is 2.23. The number of anilines is 2. The van der Waals surface area contributed by atoms with Gasteiger partial charge in [0.25, 0.3) is 0 Å². The van der Waals surface area contributed by atoms with Crippen LogP contribution in [0.3, 0.4) is 0 Å². The number of nitrogens with one attached hydrogen (secondary N) is 2. The zero-order chi connectivity index (χ0) is 11.5. The molecule has 0 amide bonds. The predicted molar refractivity (Wildman–Crippen MR) is 68.6 cm³/mol. The van der Waals surface area contributed by atoms with Crippen molar-refractivity contribution in [3.8, 4) is 0 Å². The maximum Gasteiger partial charge on any atom is 0.240 e. The molecular formula is C10H15N5S. The second kappa shape index (κ2) is 4.63.